The first-order valence-corrected chi connectivity index (χ1v) is 7.89. The molecule has 1 fully saturated rings. The average molecular weight is 299 g/mol. The minimum absolute atomic E-state index is 0.215. The molecule has 1 unspecified atom stereocenters. The number of benzene rings is 1. The van der Waals surface area contributed by atoms with Gasteiger partial charge in [-0.05, 0) is 63.0 Å². The Hall–Kier alpha value is -0.640. The highest BCUT2D eigenvalue weighted by Crippen LogP contribution is 2.26. The van der Waals surface area contributed by atoms with Crippen LogP contribution in [0.25, 0.3) is 0 Å². The number of hydrogen-bond donors (Lipinski definition) is 1. The second-order valence-electron chi connectivity index (χ2n) is 5.63. The number of piperidine rings is 1. The van der Waals surface area contributed by atoms with E-state index in [4.69, 9.17) is 11.6 Å². The van der Waals surface area contributed by atoms with E-state index in [1.165, 1.54) is 18.9 Å². The lowest BCUT2D eigenvalue weighted by atomic mass is 9.96. The van der Waals surface area contributed by atoms with Crippen molar-refractivity contribution in [2.75, 3.05) is 26.2 Å². The molecule has 2 rings (SSSR count). The standard InChI is InChI=1S/C16H24ClFN2/c1-3-20(11-13-6-8-19-9-7-13)12(2)14-4-5-16(18)15(17)10-14/h4-5,10,12-13,19H,3,6-9,11H2,1-2H3. The minimum atomic E-state index is -0.343. The molecule has 4 heteroatoms. The van der Waals surface area contributed by atoms with Crippen molar-refractivity contribution in [1.82, 2.24) is 10.2 Å². The maximum atomic E-state index is 13.3. The van der Waals surface area contributed by atoms with Crippen LogP contribution < -0.4 is 5.32 Å². The molecule has 0 aliphatic carbocycles. The molecular weight excluding hydrogens is 275 g/mol. The van der Waals surface area contributed by atoms with Crippen LogP contribution in [0, 0.1) is 11.7 Å². The van der Waals surface area contributed by atoms with Crippen molar-refractivity contribution in [3.8, 4) is 0 Å². The predicted octanol–water partition coefficient (Wildman–Crippen LogP) is 3.86. The average Bonchev–Trinajstić information content (AvgIpc) is 2.48. The van der Waals surface area contributed by atoms with E-state index in [0.29, 0.717) is 0 Å². The topological polar surface area (TPSA) is 15.3 Å². The highest BCUT2D eigenvalue weighted by Gasteiger charge is 2.21. The first kappa shape index (κ1) is 15.7. The van der Waals surface area contributed by atoms with Crippen LogP contribution in [0.5, 0.6) is 0 Å². The van der Waals surface area contributed by atoms with Gasteiger partial charge in [0, 0.05) is 12.6 Å². The van der Waals surface area contributed by atoms with Crippen LogP contribution in [0.4, 0.5) is 4.39 Å². The Labute approximate surface area is 126 Å². The Kier molecular flexibility index (Phi) is 5.82. The van der Waals surface area contributed by atoms with Gasteiger partial charge in [-0.3, -0.25) is 4.90 Å². The molecule has 0 radical (unpaired) electrons. The van der Waals surface area contributed by atoms with Crippen molar-refractivity contribution in [3.05, 3.63) is 34.6 Å². The molecule has 1 aliphatic rings. The van der Waals surface area contributed by atoms with E-state index in [9.17, 15) is 4.39 Å². The van der Waals surface area contributed by atoms with Crippen LogP contribution in [0.1, 0.15) is 38.3 Å². The van der Waals surface area contributed by atoms with Gasteiger partial charge in [0.15, 0.2) is 0 Å². The maximum Gasteiger partial charge on any atom is 0.141 e. The summed E-state index contributed by atoms with van der Waals surface area (Å²) in [6.45, 7) is 8.71. The SMILES string of the molecule is CCN(CC1CCNCC1)C(C)c1ccc(F)c(Cl)c1. The highest BCUT2D eigenvalue weighted by atomic mass is 35.5. The quantitative estimate of drug-likeness (QED) is 0.888. The molecule has 0 saturated carbocycles. The minimum Gasteiger partial charge on any atom is -0.317 e. The van der Waals surface area contributed by atoms with E-state index in [0.717, 1.165) is 37.7 Å². The van der Waals surface area contributed by atoms with Gasteiger partial charge in [0.25, 0.3) is 0 Å². The summed E-state index contributed by atoms with van der Waals surface area (Å²) in [5, 5.41) is 3.62. The van der Waals surface area contributed by atoms with Crippen molar-refractivity contribution in [2.24, 2.45) is 5.92 Å². The van der Waals surface area contributed by atoms with E-state index in [2.05, 4.69) is 24.1 Å². The molecule has 1 N–H and O–H groups in total. The van der Waals surface area contributed by atoms with Gasteiger partial charge in [-0.2, -0.15) is 0 Å². The molecule has 1 aromatic rings. The normalized spacial score (nSPS) is 18.4. The first-order chi connectivity index (χ1) is 9.61. The maximum absolute atomic E-state index is 13.3. The molecule has 0 spiro atoms. The number of rotatable bonds is 5. The van der Waals surface area contributed by atoms with Gasteiger partial charge in [-0.25, -0.2) is 4.39 Å². The van der Waals surface area contributed by atoms with Crippen LogP contribution in [0.15, 0.2) is 18.2 Å². The summed E-state index contributed by atoms with van der Waals surface area (Å²) in [5.41, 5.74) is 1.09. The molecule has 1 aliphatic heterocycles. The number of halogens is 2. The predicted molar refractivity (Wildman–Crippen MR) is 82.7 cm³/mol. The molecular formula is C16H24ClFN2. The van der Waals surface area contributed by atoms with Crippen molar-refractivity contribution in [2.45, 2.75) is 32.7 Å². The molecule has 0 aromatic heterocycles. The van der Waals surface area contributed by atoms with Gasteiger partial charge < -0.3 is 5.32 Å². The lowest BCUT2D eigenvalue weighted by Gasteiger charge is -2.33. The molecule has 1 saturated heterocycles. The van der Waals surface area contributed by atoms with E-state index in [-0.39, 0.29) is 16.9 Å². The Morgan fingerprint density at radius 3 is 2.70 bits per heavy atom. The van der Waals surface area contributed by atoms with Gasteiger partial charge in [-0.1, -0.05) is 24.6 Å². The van der Waals surface area contributed by atoms with Crippen LogP contribution >= 0.6 is 11.6 Å². The van der Waals surface area contributed by atoms with Crippen LogP contribution in [-0.2, 0) is 0 Å². The van der Waals surface area contributed by atoms with Crippen LogP contribution in [-0.4, -0.2) is 31.1 Å². The molecule has 1 aromatic carbocycles. The lowest BCUT2D eigenvalue weighted by Crippen LogP contribution is -2.37. The zero-order valence-corrected chi connectivity index (χ0v) is 13.1. The summed E-state index contributed by atoms with van der Waals surface area (Å²) in [6.07, 6.45) is 2.49. The van der Waals surface area contributed by atoms with E-state index in [1.807, 2.05) is 6.07 Å². The third-order valence-corrected chi connectivity index (χ3v) is 4.62. The van der Waals surface area contributed by atoms with Gasteiger partial charge in [0.2, 0.25) is 0 Å². The summed E-state index contributed by atoms with van der Waals surface area (Å²) in [5.74, 6) is 0.415. The second kappa shape index (κ2) is 7.39. The van der Waals surface area contributed by atoms with Crippen molar-refractivity contribution < 1.29 is 4.39 Å². The smallest absolute Gasteiger partial charge is 0.141 e. The summed E-state index contributed by atoms with van der Waals surface area (Å²) in [4.78, 5) is 2.46. The lowest BCUT2D eigenvalue weighted by molar-refractivity contribution is 0.169. The largest absolute Gasteiger partial charge is 0.317 e. The Morgan fingerprint density at radius 2 is 2.10 bits per heavy atom. The number of hydrogen-bond acceptors (Lipinski definition) is 2. The molecule has 1 atom stereocenters. The number of nitrogens with zero attached hydrogens (tertiary/aromatic N) is 1. The van der Waals surface area contributed by atoms with E-state index >= 15 is 0 Å². The van der Waals surface area contributed by atoms with Crippen molar-refractivity contribution in [3.63, 3.8) is 0 Å². The van der Waals surface area contributed by atoms with Gasteiger partial charge in [-0.15, -0.1) is 0 Å². The Balaban J connectivity index is 2.03. The van der Waals surface area contributed by atoms with E-state index in [1.54, 1.807) is 6.07 Å². The molecule has 0 amide bonds. The molecule has 1 heterocycles. The molecule has 0 bridgehead atoms. The van der Waals surface area contributed by atoms with Crippen LogP contribution in [0.3, 0.4) is 0 Å². The Bertz CT molecular complexity index is 432. The van der Waals surface area contributed by atoms with Gasteiger partial charge >= 0.3 is 0 Å². The highest BCUT2D eigenvalue weighted by molar-refractivity contribution is 6.30. The third kappa shape index (κ3) is 3.94. The fourth-order valence-corrected chi connectivity index (χ4v) is 3.13. The number of nitrogens with one attached hydrogen (secondary N) is 1. The van der Waals surface area contributed by atoms with Crippen molar-refractivity contribution >= 4 is 11.6 Å². The molecule has 20 heavy (non-hydrogen) atoms. The first-order valence-electron chi connectivity index (χ1n) is 7.51. The van der Waals surface area contributed by atoms with E-state index < -0.39 is 0 Å². The van der Waals surface area contributed by atoms with Gasteiger partial charge in [0.05, 0.1) is 5.02 Å². The fraction of sp³-hybridized carbons (Fsp3) is 0.625. The molecule has 112 valence electrons. The summed E-state index contributed by atoms with van der Waals surface area (Å²) in [7, 11) is 0. The zero-order chi connectivity index (χ0) is 14.5. The summed E-state index contributed by atoms with van der Waals surface area (Å²) >= 11 is 5.90. The van der Waals surface area contributed by atoms with Gasteiger partial charge in [0.1, 0.15) is 5.82 Å². The second-order valence-corrected chi connectivity index (χ2v) is 6.04. The van der Waals surface area contributed by atoms with Crippen molar-refractivity contribution in [1.29, 1.82) is 0 Å². The zero-order valence-electron chi connectivity index (χ0n) is 12.3. The summed E-state index contributed by atoms with van der Waals surface area (Å²) < 4.78 is 13.3. The Morgan fingerprint density at radius 1 is 1.40 bits per heavy atom. The fourth-order valence-electron chi connectivity index (χ4n) is 2.94. The van der Waals surface area contributed by atoms with Crippen LogP contribution in [0.2, 0.25) is 5.02 Å². The monoisotopic (exact) mass is 298 g/mol. The third-order valence-electron chi connectivity index (χ3n) is 4.33. The molecule has 2 nitrogen and oxygen atoms in total. The summed E-state index contributed by atoms with van der Waals surface area (Å²) in [6, 6.07) is 5.34.